The van der Waals surface area contributed by atoms with Crippen molar-refractivity contribution in [1.82, 2.24) is 0 Å². The third kappa shape index (κ3) is 2.65. The van der Waals surface area contributed by atoms with Crippen LogP contribution in [0.2, 0.25) is 0 Å². The van der Waals surface area contributed by atoms with E-state index in [0.29, 0.717) is 12.2 Å². The molecule has 5 heteroatoms. The van der Waals surface area contributed by atoms with E-state index in [4.69, 9.17) is 0 Å². The van der Waals surface area contributed by atoms with Crippen LogP contribution in [0, 0.1) is 0 Å². The predicted molar refractivity (Wildman–Crippen MR) is 59.3 cm³/mol. The van der Waals surface area contributed by atoms with Crippen molar-refractivity contribution in [2.24, 2.45) is 0 Å². The molecule has 0 spiro atoms. The average molecular weight is 245 g/mol. The van der Waals surface area contributed by atoms with Gasteiger partial charge in [-0.1, -0.05) is 25.5 Å². The summed E-state index contributed by atoms with van der Waals surface area (Å²) in [6, 6.07) is 4.81. The smallest absolute Gasteiger partial charge is 0.404 e. The molecule has 0 amide bonds. The summed E-state index contributed by atoms with van der Waals surface area (Å²) in [5.41, 5.74) is 1.41. The van der Waals surface area contributed by atoms with Gasteiger partial charge < -0.3 is 10.1 Å². The van der Waals surface area contributed by atoms with Gasteiger partial charge in [0.2, 0.25) is 0 Å². The minimum Gasteiger partial charge on any atom is -0.404 e. The van der Waals surface area contributed by atoms with Gasteiger partial charge in [0, 0.05) is 12.5 Å². The molecular formula is C12H14F3NO. The van der Waals surface area contributed by atoms with Crippen LogP contribution in [0.25, 0.3) is 0 Å². The molecule has 1 aromatic rings. The van der Waals surface area contributed by atoms with E-state index in [9.17, 15) is 13.2 Å². The molecular weight excluding hydrogens is 231 g/mol. The molecule has 17 heavy (non-hydrogen) atoms. The summed E-state index contributed by atoms with van der Waals surface area (Å²) in [4.78, 5) is 0. The molecule has 0 aromatic heterocycles. The number of halogens is 3. The van der Waals surface area contributed by atoms with Crippen molar-refractivity contribution in [2.75, 3.05) is 11.9 Å². The maximum absolute atomic E-state index is 12.2. The normalized spacial score (nSPS) is 18.7. The van der Waals surface area contributed by atoms with Crippen LogP contribution in [0.5, 0.6) is 5.75 Å². The van der Waals surface area contributed by atoms with E-state index in [2.05, 4.69) is 17.0 Å². The molecule has 0 aliphatic carbocycles. The quantitative estimate of drug-likeness (QED) is 0.872. The van der Waals surface area contributed by atoms with Crippen LogP contribution in [0.15, 0.2) is 18.2 Å². The zero-order chi connectivity index (χ0) is 12.5. The van der Waals surface area contributed by atoms with Gasteiger partial charge in [0.1, 0.15) is 0 Å². The number of hydrogen-bond donors (Lipinski definition) is 1. The van der Waals surface area contributed by atoms with Gasteiger partial charge in [-0.05, 0) is 18.1 Å². The SMILES string of the molecule is CCCC1CNc2c(OC(F)(F)F)cccc21. The highest BCUT2D eigenvalue weighted by Crippen LogP contribution is 2.41. The number of fused-ring (bicyclic) bond motifs is 1. The fraction of sp³-hybridized carbons (Fsp3) is 0.500. The van der Waals surface area contributed by atoms with Crippen molar-refractivity contribution in [2.45, 2.75) is 32.0 Å². The molecule has 0 fully saturated rings. The fourth-order valence-corrected chi connectivity index (χ4v) is 2.23. The second kappa shape index (κ2) is 4.47. The summed E-state index contributed by atoms with van der Waals surface area (Å²) in [6.07, 6.45) is -2.66. The van der Waals surface area contributed by atoms with Crippen LogP contribution >= 0.6 is 0 Å². The van der Waals surface area contributed by atoms with Crippen LogP contribution in [0.4, 0.5) is 18.9 Å². The molecule has 94 valence electrons. The molecule has 1 N–H and O–H groups in total. The molecule has 0 radical (unpaired) electrons. The molecule has 1 aliphatic heterocycles. The third-order valence-corrected chi connectivity index (χ3v) is 2.89. The minimum absolute atomic E-state index is 0.131. The minimum atomic E-state index is -4.64. The van der Waals surface area contributed by atoms with E-state index in [-0.39, 0.29) is 11.7 Å². The summed E-state index contributed by atoms with van der Waals surface area (Å²) >= 11 is 0. The van der Waals surface area contributed by atoms with E-state index in [1.807, 2.05) is 6.07 Å². The van der Waals surface area contributed by atoms with Gasteiger partial charge in [-0.2, -0.15) is 0 Å². The Balaban J connectivity index is 2.27. The van der Waals surface area contributed by atoms with Gasteiger partial charge in [-0.15, -0.1) is 13.2 Å². The van der Waals surface area contributed by atoms with Gasteiger partial charge in [0.05, 0.1) is 5.69 Å². The van der Waals surface area contributed by atoms with Crippen LogP contribution in [-0.4, -0.2) is 12.9 Å². The number of rotatable bonds is 3. The summed E-state index contributed by atoms with van der Waals surface area (Å²) in [5.74, 6) is 0.153. The number of alkyl halides is 3. The number of hydrogen-bond acceptors (Lipinski definition) is 2. The second-order valence-electron chi connectivity index (χ2n) is 4.13. The Morgan fingerprint density at radius 3 is 2.82 bits per heavy atom. The zero-order valence-corrected chi connectivity index (χ0v) is 9.47. The lowest BCUT2D eigenvalue weighted by molar-refractivity contribution is -0.274. The molecule has 0 saturated heterocycles. The van der Waals surface area contributed by atoms with E-state index in [0.717, 1.165) is 18.4 Å². The molecule has 1 aromatic carbocycles. The van der Waals surface area contributed by atoms with Gasteiger partial charge in [0.25, 0.3) is 0 Å². The molecule has 0 bridgehead atoms. The Kier molecular flexibility index (Phi) is 3.17. The Labute approximate surface area is 97.8 Å². The van der Waals surface area contributed by atoms with Crippen LogP contribution in [0.3, 0.4) is 0 Å². The van der Waals surface area contributed by atoms with Crippen LogP contribution in [-0.2, 0) is 0 Å². The van der Waals surface area contributed by atoms with Crippen molar-refractivity contribution in [3.63, 3.8) is 0 Å². The highest BCUT2D eigenvalue weighted by molar-refractivity contribution is 5.66. The maximum Gasteiger partial charge on any atom is 0.573 e. The average Bonchev–Trinajstić information content (AvgIpc) is 2.61. The zero-order valence-electron chi connectivity index (χ0n) is 9.47. The van der Waals surface area contributed by atoms with Gasteiger partial charge in [-0.3, -0.25) is 0 Å². The summed E-state index contributed by atoms with van der Waals surface area (Å²) in [5, 5.41) is 3.00. The molecule has 2 rings (SSSR count). The highest BCUT2D eigenvalue weighted by atomic mass is 19.4. The van der Waals surface area contributed by atoms with Crippen molar-refractivity contribution in [3.8, 4) is 5.75 Å². The van der Waals surface area contributed by atoms with Crippen molar-refractivity contribution in [3.05, 3.63) is 23.8 Å². The van der Waals surface area contributed by atoms with Gasteiger partial charge >= 0.3 is 6.36 Å². The number of benzene rings is 1. The molecule has 1 unspecified atom stereocenters. The predicted octanol–water partition coefficient (Wildman–Crippen LogP) is 3.89. The first-order chi connectivity index (χ1) is 8.01. The number of ether oxygens (including phenoxy) is 1. The lowest BCUT2D eigenvalue weighted by Crippen LogP contribution is -2.17. The van der Waals surface area contributed by atoms with Crippen molar-refractivity contribution >= 4 is 5.69 Å². The molecule has 1 aliphatic rings. The lowest BCUT2D eigenvalue weighted by Gasteiger charge is -2.13. The third-order valence-electron chi connectivity index (χ3n) is 2.89. The Hall–Kier alpha value is -1.39. The fourth-order valence-electron chi connectivity index (χ4n) is 2.23. The van der Waals surface area contributed by atoms with E-state index >= 15 is 0 Å². The molecule has 0 saturated carbocycles. The highest BCUT2D eigenvalue weighted by Gasteiger charge is 2.34. The summed E-state index contributed by atoms with van der Waals surface area (Å²) in [7, 11) is 0. The van der Waals surface area contributed by atoms with Crippen molar-refractivity contribution in [1.29, 1.82) is 0 Å². The second-order valence-corrected chi connectivity index (χ2v) is 4.13. The van der Waals surface area contributed by atoms with Crippen molar-refractivity contribution < 1.29 is 17.9 Å². The first-order valence-corrected chi connectivity index (χ1v) is 5.64. The monoisotopic (exact) mass is 245 g/mol. The maximum atomic E-state index is 12.2. The first-order valence-electron chi connectivity index (χ1n) is 5.64. The Morgan fingerprint density at radius 1 is 1.41 bits per heavy atom. The molecule has 1 heterocycles. The van der Waals surface area contributed by atoms with E-state index in [1.54, 1.807) is 6.07 Å². The largest absolute Gasteiger partial charge is 0.573 e. The molecule has 1 atom stereocenters. The van der Waals surface area contributed by atoms with E-state index < -0.39 is 6.36 Å². The number of anilines is 1. The number of para-hydroxylation sites is 1. The summed E-state index contributed by atoms with van der Waals surface area (Å²) in [6.45, 7) is 2.75. The topological polar surface area (TPSA) is 21.3 Å². The summed E-state index contributed by atoms with van der Waals surface area (Å²) < 4.78 is 40.6. The Morgan fingerprint density at radius 2 is 2.18 bits per heavy atom. The Bertz CT molecular complexity index is 403. The standard InChI is InChI=1S/C12H14F3NO/c1-2-4-8-7-16-11-9(8)5-3-6-10(11)17-12(13,14)15/h3,5-6,8,16H,2,4,7H2,1H3. The first kappa shape index (κ1) is 12.1. The lowest BCUT2D eigenvalue weighted by atomic mass is 9.96. The van der Waals surface area contributed by atoms with Gasteiger partial charge in [0.15, 0.2) is 5.75 Å². The van der Waals surface area contributed by atoms with E-state index in [1.165, 1.54) is 6.07 Å². The molecule has 2 nitrogen and oxygen atoms in total. The van der Waals surface area contributed by atoms with Crippen LogP contribution in [0.1, 0.15) is 31.2 Å². The number of nitrogens with one attached hydrogen (secondary N) is 1. The van der Waals surface area contributed by atoms with Gasteiger partial charge in [-0.25, -0.2) is 0 Å². The van der Waals surface area contributed by atoms with Crippen LogP contribution < -0.4 is 10.1 Å².